The molecular formula is C17H28ClN3O2S. The molecule has 2 fully saturated rings. The van der Waals surface area contributed by atoms with Crippen molar-refractivity contribution in [1.29, 1.82) is 0 Å². The fourth-order valence-electron chi connectivity index (χ4n) is 3.49. The van der Waals surface area contributed by atoms with Crippen LogP contribution < -0.4 is 5.32 Å². The fourth-order valence-corrected chi connectivity index (χ4v) is 4.34. The third-order valence-corrected chi connectivity index (χ3v) is 5.84. The molecule has 136 valence electrons. The minimum Gasteiger partial charge on any atom is -0.379 e. The Labute approximate surface area is 154 Å². The predicted molar refractivity (Wildman–Crippen MR) is 99.9 cm³/mol. The molecule has 1 amide bonds. The SMILES string of the molecule is CN(CC(c1cccs1)N1CCOCC1)C(=O)C1CCNCC1.Cl. The van der Waals surface area contributed by atoms with Gasteiger partial charge < -0.3 is 15.0 Å². The number of carbonyl (C=O) groups excluding carboxylic acids is 1. The summed E-state index contributed by atoms with van der Waals surface area (Å²) in [6.45, 7) is 6.14. The maximum Gasteiger partial charge on any atom is 0.225 e. The second-order valence-electron chi connectivity index (χ2n) is 6.42. The van der Waals surface area contributed by atoms with E-state index in [1.54, 1.807) is 11.3 Å². The van der Waals surface area contributed by atoms with Gasteiger partial charge in [0.25, 0.3) is 0 Å². The van der Waals surface area contributed by atoms with E-state index in [0.29, 0.717) is 5.91 Å². The van der Waals surface area contributed by atoms with E-state index >= 15 is 0 Å². The van der Waals surface area contributed by atoms with Crippen LogP contribution in [0.1, 0.15) is 23.8 Å². The second kappa shape index (κ2) is 9.73. The Balaban J connectivity index is 0.00000208. The number of halogens is 1. The highest BCUT2D eigenvalue weighted by molar-refractivity contribution is 7.10. The van der Waals surface area contributed by atoms with E-state index in [2.05, 4.69) is 27.7 Å². The van der Waals surface area contributed by atoms with Crippen molar-refractivity contribution >= 4 is 29.7 Å². The molecule has 3 rings (SSSR count). The maximum atomic E-state index is 12.7. The summed E-state index contributed by atoms with van der Waals surface area (Å²) >= 11 is 1.78. The van der Waals surface area contributed by atoms with Gasteiger partial charge in [-0.2, -0.15) is 0 Å². The number of thiophene rings is 1. The average molecular weight is 374 g/mol. The first kappa shape index (κ1) is 19.7. The zero-order chi connectivity index (χ0) is 16.1. The molecule has 3 heterocycles. The smallest absolute Gasteiger partial charge is 0.225 e. The lowest BCUT2D eigenvalue weighted by molar-refractivity contribution is -0.136. The summed E-state index contributed by atoms with van der Waals surface area (Å²) in [6.07, 6.45) is 1.93. The molecule has 0 spiro atoms. The Bertz CT molecular complexity index is 488. The van der Waals surface area contributed by atoms with Gasteiger partial charge in [-0.15, -0.1) is 23.7 Å². The van der Waals surface area contributed by atoms with Crippen LogP contribution in [0.3, 0.4) is 0 Å². The second-order valence-corrected chi connectivity index (χ2v) is 7.40. The third-order valence-electron chi connectivity index (χ3n) is 4.87. The molecule has 0 aliphatic carbocycles. The lowest BCUT2D eigenvalue weighted by atomic mass is 9.96. The molecule has 2 aliphatic rings. The van der Waals surface area contributed by atoms with Crippen LogP contribution in [0, 0.1) is 5.92 Å². The number of likely N-dealkylation sites (N-methyl/N-ethyl adjacent to an activating group) is 1. The first-order valence-electron chi connectivity index (χ1n) is 8.56. The summed E-state index contributed by atoms with van der Waals surface area (Å²) in [7, 11) is 1.96. The largest absolute Gasteiger partial charge is 0.379 e. The number of nitrogens with one attached hydrogen (secondary N) is 1. The molecule has 0 saturated carbocycles. The summed E-state index contributed by atoms with van der Waals surface area (Å²) in [5.74, 6) is 0.497. The highest BCUT2D eigenvalue weighted by Gasteiger charge is 2.29. The van der Waals surface area contributed by atoms with Gasteiger partial charge in [0, 0.05) is 37.5 Å². The summed E-state index contributed by atoms with van der Waals surface area (Å²) in [4.78, 5) is 18.5. The first-order valence-corrected chi connectivity index (χ1v) is 9.44. The van der Waals surface area contributed by atoms with Crippen molar-refractivity contribution in [1.82, 2.24) is 15.1 Å². The number of morpholine rings is 1. The first-order chi connectivity index (χ1) is 11.3. The van der Waals surface area contributed by atoms with E-state index in [0.717, 1.165) is 58.8 Å². The fraction of sp³-hybridized carbons (Fsp3) is 0.706. The molecule has 1 atom stereocenters. The topological polar surface area (TPSA) is 44.8 Å². The summed E-state index contributed by atoms with van der Waals surface area (Å²) < 4.78 is 5.49. The van der Waals surface area contributed by atoms with Crippen molar-refractivity contribution in [3.63, 3.8) is 0 Å². The molecular weight excluding hydrogens is 346 g/mol. The van der Waals surface area contributed by atoms with Gasteiger partial charge in [0.05, 0.1) is 19.3 Å². The quantitative estimate of drug-likeness (QED) is 0.857. The number of nitrogens with zero attached hydrogens (tertiary/aromatic N) is 2. The van der Waals surface area contributed by atoms with Crippen molar-refractivity contribution < 1.29 is 9.53 Å². The summed E-state index contributed by atoms with van der Waals surface area (Å²) in [6, 6.07) is 4.57. The number of hydrogen-bond donors (Lipinski definition) is 1. The molecule has 7 heteroatoms. The van der Waals surface area contributed by atoms with Crippen molar-refractivity contribution in [2.75, 3.05) is 53.0 Å². The minimum absolute atomic E-state index is 0. The monoisotopic (exact) mass is 373 g/mol. The van der Waals surface area contributed by atoms with E-state index in [-0.39, 0.29) is 24.4 Å². The molecule has 2 saturated heterocycles. The van der Waals surface area contributed by atoms with E-state index in [1.807, 2.05) is 11.9 Å². The van der Waals surface area contributed by atoms with Crippen molar-refractivity contribution in [3.05, 3.63) is 22.4 Å². The van der Waals surface area contributed by atoms with Gasteiger partial charge in [-0.1, -0.05) is 6.07 Å². The van der Waals surface area contributed by atoms with Gasteiger partial charge in [-0.3, -0.25) is 9.69 Å². The van der Waals surface area contributed by atoms with E-state index in [1.165, 1.54) is 4.88 Å². The third kappa shape index (κ3) is 4.92. The molecule has 24 heavy (non-hydrogen) atoms. The summed E-state index contributed by atoms with van der Waals surface area (Å²) in [5, 5.41) is 5.45. The van der Waals surface area contributed by atoms with Crippen LogP contribution >= 0.6 is 23.7 Å². The number of carbonyl (C=O) groups is 1. The maximum absolute atomic E-state index is 12.7. The number of hydrogen-bond acceptors (Lipinski definition) is 5. The van der Waals surface area contributed by atoms with Crippen LogP contribution in [-0.2, 0) is 9.53 Å². The van der Waals surface area contributed by atoms with Crippen LogP contribution in [0.5, 0.6) is 0 Å². The van der Waals surface area contributed by atoms with Gasteiger partial charge in [-0.05, 0) is 37.4 Å². The lowest BCUT2D eigenvalue weighted by Crippen LogP contribution is -2.46. The highest BCUT2D eigenvalue weighted by Crippen LogP contribution is 2.27. The molecule has 5 nitrogen and oxygen atoms in total. The number of piperidine rings is 1. The normalized spacial score (nSPS) is 21.0. The molecule has 0 aromatic carbocycles. The predicted octanol–water partition coefficient (Wildman–Crippen LogP) is 2.00. The molecule has 1 unspecified atom stereocenters. The Morgan fingerprint density at radius 3 is 2.75 bits per heavy atom. The highest BCUT2D eigenvalue weighted by atomic mass is 35.5. The Morgan fingerprint density at radius 2 is 2.12 bits per heavy atom. The van der Waals surface area contributed by atoms with Crippen molar-refractivity contribution in [2.45, 2.75) is 18.9 Å². The Hall–Kier alpha value is -0.660. The molecule has 1 N–H and O–H groups in total. The minimum atomic E-state index is 0. The number of rotatable bonds is 5. The van der Waals surface area contributed by atoms with Gasteiger partial charge >= 0.3 is 0 Å². The van der Waals surface area contributed by atoms with Crippen LogP contribution in [0.2, 0.25) is 0 Å². The van der Waals surface area contributed by atoms with Crippen LogP contribution in [0.4, 0.5) is 0 Å². The number of amides is 1. The van der Waals surface area contributed by atoms with E-state index < -0.39 is 0 Å². The van der Waals surface area contributed by atoms with E-state index in [4.69, 9.17) is 4.74 Å². The zero-order valence-corrected chi connectivity index (χ0v) is 15.9. The van der Waals surface area contributed by atoms with Gasteiger partial charge in [0.15, 0.2) is 0 Å². The Kier molecular flexibility index (Phi) is 7.97. The van der Waals surface area contributed by atoms with Gasteiger partial charge in [0.1, 0.15) is 0 Å². The summed E-state index contributed by atoms with van der Waals surface area (Å²) in [5.41, 5.74) is 0. The number of ether oxygens (including phenoxy) is 1. The van der Waals surface area contributed by atoms with Crippen molar-refractivity contribution in [3.8, 4) is 0 Å². The molecule has 1 aromatic heterocycles. The Morgan fingerprint density at radius 1 is 1.42 bits per heavy atom. The van der Waals surface area contributed by atoms with Crippen LogP contribution in [0.15, 0.2) is 17.5 Å². The van der Waals surface area contributed by atoms with Gasteiger partial charge in [-0.25, -0.2) is 0 Å². The lowest BCUT2D eigenvalue weighted by Gasteiger charge is -2.37. The molecule has 1 aromatic rings. The van der Waals surface area contributed by atoms with Crippen LogP contribution in [-0.4, -0.2) is 68.7 Å². The van der Waals surface area contributed by atoms with Crippen LogP contribution in [0.25, 0.3) is 0 Å². The van der Waals surface area contributed by atoms with Crippen molar-refractivity contribution in [2.24, 2.45) is 5.92 Å². The molecule has 2 aliphatic heterocycles. The van der Waals surface area contributed by atoms with E-state index in [9.17, 15) is 4.79 Å². The zero-order valence-electron chi connectivity index (χ0n) is 14.3. The van der Waals surface area contributed by atoms with Gasteiger partial charge in [0.2, 0.25) is 5.91 Å². The average Bonchev–Trinajstić information content (AvgIpc) is 3.14. The molecule has 0 radical (unpaired) electrons. The standard InChI is InChI=1S/C17H27N3O2S.ClH/c1-19(17(21)14-4-6-18-7-5-14)13-15(16-3-2-12-23-16)20-8-10-22-11-9-20;/h2-3,12,14-15,18H,4-11,13H2,1H3;1H. The molecule has 0 bridgehead atoms.